The Morgan fingerprint density at radius 2 is 1.81 bits per heavy atom. The number of hydrogen-bond donors (Lipinski definition) is 2. The number of aliphatic carboxylic acids is 1. The number of ether oxygens (including phenoxy) is 2. The van der Waals surface area contributed by atoms with Crippen LogP contribution < -0.4 is 5.32 Å². The highest BCUT2D eigenvalue weighted by molar-refractivity contribution is 5.90. The Morgan fingerprint density at radius 3 is 2.43 bits per heavy atom. The van der Waals surface area contributed by atoms with Crippen LogP contribution in [0.3, 0.4) is 0 Å². The van der Waals surface area contributed by atoms with Gasteiger partial charge in [0.05, 0.1) is 26.2 Å². The van der Waals surface area contributed by atoms with Gasteiger partial charge in [0.25, 0.3) is 0 Å². The lowest BCUT2D eigenvalue weighted by atomic mass is 10.1. The summed E-state index contributed by atoms with van der Waals surface area (Å²) in [5, 5.41) is 11.4. The van der Waals surface area contributed by atoms with E-state index in [9.17, 15) is 9.59 Å². The number of anilines is 1. The van der Waals surface area contributed by atoms with E-state index in [1.165, 1.54) is 0 Å². The van der Waals surface area contributed by atoms with Crippen LogP contribution in [-0.2, 0) is 25.5 Å². The SMILES string of the molecule is COCCOCCC(=O)Nc1ccc(CCC(=O)O)cc1. The van der Waals surface area contributed by atoms with E-state index in [1.54, 1.807) is 19.2 Å². The average Bonchev–Trinajstić information content (AvgIpc) is 2.46. The number of aryl methyl sites for hydroxylation is 1. The third-order valence-electron chi connectivity index (χ3n) is 2.77. The van der Waals surface area contributed by atoms with Crippen molar-refractivity contribution in [3.63, 3.8) is 0 Å². The summed E-state index contributed by atoms with van der Waals surface area (Å²) in [6, 6.07) is 7.16. The standard InChI is InChI=1S/C15H21NO5/c1-20-10-11-21-9-8-14(17)16-13-5-2-12(3-6-13)4-7-15(18)19/h2-3,5-6H,4,7-11H2,1H3,(H,16,17)(H,18,19). The number of carbonyl (C=O) groups excluding carboxylic acids is 1. The second-order valence-corrected chi connectivity index (χ2v) is 4.49. The van der Waals surface area contributed by atoms with E-state index >= 15 is 0 Å². The van der Waals surface area contributed by atoms with Crippen molar-refractivity contribution in [3.8, 4) is 0 Å². The first-order valence-corrected chi connectivity index (χ1v) is 6.79. The highest BCUT2D eigenvalue weighted by Crippen LogP contribution is 2.11. The monoisotopic (exact) mass is 295 g/mol. The normalized spacial score (nSPS) is 10.3. The largest absolute Gasteiger partial charge is 0.481 e. The predicted molar refractivity (Wildman–Crippen MR) is 78.3 cm³/mol. The van der Waals surface area contributed by atoms with Crippen molar-refractivity contribution in [1.82, 2.24) is 0 Å². The van der Waals surface area contributed by atoms with Gasteiger partial charge in [-0.2, -0.15) is 0 Å². The van der Waals surface area contributed by atoms with Crippen molar-refractivity contribution in [2.24, 2.45) is 0 Å². The van der Waals surface area contributed by atoms with E-state index in [-0.39, 0.29) is 18.7 Å². The summed E-state index contributed by atoms with van der Waals surface area (Å²) in [6.07, 6.45) is 0.867. The molecule has 0 unspecified atom stereocenters. The molecule has 0 spiro atoms. The summed E-state index contributed by atoms with van der Waals surface area (Å²) in [5.41, 5.74) is 1.62. The zero-order chi connectivity index (χ0) is 15.5. The minimum Gasteiger partial charge on any atom is -0.481 e. The summed E-state index contributed by atoms with van der Waals surface area (Å²) >= 11 is 0. The highest BCUT2D eigenvalue weighted by Gasteiger charge is 2.03. The topological polar surface area (TPSA) is 84.9 Å². The summed E-state index contributed by atoms with van der Waals surface area (Å²) in [5.74, 6) is -0.938. The summed E-state index contributed by atoms with van der Waals surface area (Å²) in [7, 11) is 1.59. The van der Waals surface area contributed by atoms with Gasteiger partial charge in [0.2, 0.25) is 5.91 Å². The number of amides is 1. The van der Waals surface area contributed by atoms with Gasteiger partial charge in [-0.25, -0.2) is 0 Å². The molecule has 0 fully saturated rings. The number of hydrogen-bond acceptors (Lipinski definition) is 4. The lowest BCUT2D eigenvalue weighted by Crippen LogP contribution is -2.15. The molecular weight excluding hydrogens is 274 g/mol. The van der Waals surface area contributed by atoms with Crippen LogP contribution >= 0.6 is 0 Å². The molecule has 0 aromatic heterocycles. The number of nitrogens with one attached hydrogen (secondary N) is 1. The zero-order valence-corrected chi connectivity index (χ0v) is 12.1. The van der Waals surface area contributed by atoms with Gasteiger partial charge in [-0.3, -0.25) is 9.59 Å². The lowest BCUT2D eigenvalue weighted by Gasteiger charge is -2.07. The van der Waals surface area contributed by atoms with E-state index in [0.717, 1.165) is 5.56 Å². The number of carboxylic acids is 1. The molecule has 0 saturated heterocycles. The Hall–Kier alpha value is -1.92. The fourth-order valence-corrected chi connectivity index (χ4v) is 1.64. The van der Waals surface area contributed by atoms with Gasteiger partial charge in [-0.15, -0.1) is 0 Å². The molecule has 0 bridgehead atoms. The molecule has 21 heavy (non-hydrogen) atoms. The second-order valence-electron chi connectivity index (χ2n) is 4.49. The molecule has 0 atom stereocenters. The molecule has 116 valence electrons. The molecule has 0 saturated carbocycles. The fourth-order valence-electron chi connectivity index (χ4n) is 1.64. The Balaban J connectivity index is 2.27. The van der Waals surface area contributed by atoms with Gasteiger partial charge < -0.3 is 19.9 Å². The molecule has 1 rings (SSSR count). The third-order valence-corrected chi connectivity index (χ3v) is 2.77. The molecule has 0 aliphatic rings. The van der Waals surface area contributed by atoms with Crippen LogP contribution in [0.5, 0.6) is 0 Å². The van der Waals surface area contributed by atoms with E-state index in [4.69, 9.17) is 14.6 Å². The molecule has 0 aliphatic heterocycles. The Kier molecular flexibility index (Phi) is 8.08. The van der Waals surface area contributed by atoms with Crippen LogP contribution in [0.1, 0.15) is 18.4 Å². The van der Waals surface area contributed by atoms with Gasteiger partial charge in [-0.05, 0) is 24.1 Å². The van der Waals surface area contributed by atoms with Crippen molar-refractivity contribution in [2.75, 3.05) is 32.2 Å². The third kappa shape index (κ3) is 8.06. The van der Waals surface area contributed by atoms with Crippen LogP contribution in [0.25, 0.3) is 0 Å². The van der Waals surface area contributed by atoms with Crippen molar-refractivity contribution >= 4 is 17.6 Å². The number of benzene rings is 1. The zero-order valence-electron chi connectivity index (χ0n) is 12.1. The molecule has 0 heterocycles. The van der Waals surface area contributed by atoms with E-state index in [1.807, 2.05) is 12.1 Å². The first-order chi connectivity index (χ1) is 10.1. The second kappa shape index (κ2) is 9.90. The molecule has 1 amide bonds. The van der Waals surface area contributed by atoms with E-state index < -0.39 is 5.97 Å². The quantitative estimate of drug-likeness (QED) is 0.642. The van der Waals surface area contributed by atoms with Gasteiger partial charge >= 0.3 is 5.97 Å². The minimum absolute atomic E-state index is 0.102. The number of carbonyl (C=O) groups is 2. The number of carboxylic acid groups (broad SMARTS) is 1. The Morgan fingerprint density at radius 1 is 1.10 bits per heavy atom. The van der Waals surface area contributed by atoms with Gasteiger partial charge in [0.15, 0.2) is 0 Å². The van der Waals surface area contributed by atoms with Gasteiger partial charge in [-0.1, -0.05) is 12.1 Å². The maximum absolute atomic E-state index is 11.6. The van der Waals surface area contributed by atoms with E-state index in [0.29, 0.717) is 31.9 Å². The summed E-state index contributed by atoms with van der Waals surface area (Å²) in [6.45, 7) is 1.34. The molecular formula is C15H21NO5. The minimum atomic E-state index is -0.819. The van der Waals surface area contributed by atoms with Crippen LogP contribution in [0.4, 0.5) is 5.69 Å². The maximum Gasteiger partial charge on any atom is 0.303 e. The highest BCUT2D eigenvalue weighted by atomic mass is 16.5. The maximum atomic E-state index is 11.6. The Bertz CT molecular complexity index is 444. The van der Waals surface area contributed by atoms with Crippen molar-refractivity contribution in [3.05, 3.63) is 29.8 Å². The van der Waals surface area contributed by atoms with E-state index in [2.05, 4.69) is 5.32 Å². The molecule has 0 aliphatic carbocycles. The van der Waals surface area contributed by atoms with Crippen LogP contribution in [0.15, 0.2) is 24.3 Å². The van der Waals surface area contributed by atoms with Crippen LogP contribution in [-0.4, -0.2) is 43.9 Å². The average molecular weight is 295 g/mol. The number of methoxy groups -OCH3 is 1. The Labute approximate surface area is 124 Å². The van der Waals surface area contributed by atoms with Crippen molar-refractivity contribution in [2.45, 2.75) is 19.3 Å². The molecule has 6 heteroatoms. The van der Waals surface area contributed by atoms with Crippen molar-refractivity contribution < 1.29 is 24.2 Å². The van der Waals surface area contributed by atoms with Gasteiger partial charge in [0, 0.05) is 19.2 Å². The summed E-state index contributed by atoms with van der Waals surface area (Å²) < 4.78 is 10.0. The molecule has 6 nitrogen and oxygen atoms in total. The van der Waals surface area contributed by atoms with Crippen molar-refractivity contribution in [1.29, 1.82) is 0 Å². The molecule has 1 aromatic carbocycles. The molecule has 0 radical (unpaired) electrons. The smallest absolute Gasteiger partial charge is 0.303 e. The summed E-state index contributed by atoms with van der Waals surface area (Å²) in [4.78, 5) is 22.1. The number of rotatable bonds is 10. The van der Waals surface area contributed by atoms with Gasteiger partial charge in [0.1, 0.15) is 0 Å². The fraction of sp³-hybridized carbons (Fsp3) is 0.467. The lowest BCUT2D eigenvalue weighted by molar-refractivity contribution is -0.137. The predicted octanol–water partition coefficient (Wildman–Crippen LogP) is 1.70. The molecule has 2 N–H and O–H groups in total. The van der Waals surface area contributed by atoms with Crippen LogP contribution in [0, 0.1) is 0 Å². The first-order valence-electron chi connectivity index (χ1n) is 6.79. The van der Waals surface area contributed by atoms with Crippen LogP contribution in [0.2, 0.25) is 0 Å². The first kappa shape index (κ1) is 17.1. The molecule has 1 aromatic rings.